The number of Topliss-reactive ketones (excluding diaryl/α,β-unsaturated/α-hetero) is 1. The summed E-state index contributed by atoms with van der Waals surface area (Å²) in [5.74, 6) is -2.45. The second-order valence-corrected chi connectivity index (χ2v) is 9.46. The third kappa shape index (κ3) is 5.30. The molecule has 0 spiro atoms. The number of aromatic hydroxyl groups is 1. The first-order valence-electron chi connectivity index (χ1n) is 12.3. The summed E-state index contributed by atoms with van der Waals surface area (Å²) < 4.78 is 5.84. The first-order valence-corrected chi connectivity index (χ1v) is 12.8. The number of hydrogen-bond acceptors (Lipinski definition) is 6. The summed E-state index contributed by atoms with van der Waals surface area (Å²) in [6.07, 6.45) is 0.224. The highest BCUT2D eigenvalue weighted by atomic mass is 35.5. The van der Waals surface area contributed by atoms with E-state index in [-0.39, 0.29) is 57.3 Å². The topological polar surface area (TPSA) is 134 Å². The Morgan fingerprint density at radius 1 is 0.900 bits per heavy atom. The molecule has 0 radical (unpaired) electrons. The van der Waals surface area contributed by atoms with Crippen molar-refractivity contribution in [3.05, 3.63) is 112 Å². The number of aromatic carboxylic acids is 1. The van der Waals surface area contributed by atoms with Gasteiger partial charge in [-0.25, -0.2) is 4.79 Å². The molecule has 8 nitrogen and oxygen atoms in total. The van der Waals surface area contributed by atoms with E-state index in [2.05, 4.69) is 5.32 Å². The molecule has 0 aromatic heterocycles. The molecule has 0 saturated heterocycles. The summed E-state index contributed by atoms with van der Waals surface area (Å²) in [6, 6.07) is 21.0. The number of nitrogens with one attached hydrogen (secondary N) is 1. The van der Waals surface area contributed by atoms with Crippen molar-refractivity contribution in [2.75, 3.05) is 5.88 Å². The van der Waals surface area contributed by atoms with E-state index in [9.17, 15) is 29.4 Å². The first kappa shape index (κ1) is 26.6. The molecule has 1 amide bonds. The number of fused-ring (bicyclic) bond motifs is 2. The van der Waals surface area contributed by atoms with Gasteiger partial charge in [0.15, 0.2) is 11.2 Å². The fourth-order valence-corrected chi connectivity index (χ4v) is 4.85. The highest BCUT2D eigenvalue weighted by Crippen LogP contribution is 2.42. The summed E-state index contributed by atoms with van der Waals surface area (Å²) >= 11 is 5.79. The van der Waals surface area contributed by atoms with Crippen LogP contribution in [0.1, 0.15) is 26.3 Å². The summed E-state index contributed by atoms with van der Waals surface area (Å²) in [4.78, 5) is 50.2. The van der Waals surface area contributed by atoms with Crippen molar-refractivity contribution in [3.8, 4) is 28.2 Å². The van der Waals surface area contributed by atoms with Gasteiger partial charge in [0.1, 0.15) is 17.1 Å². The molecule has 0 bridgehead atoms. The van der Waals surface area contributed by atoms with Gasteiger partial charge in [0, 0.05) is 34.2 Å². The highest BCUT2D eigenvalue weighted by molar-refractivity contribution is 6.28. The van der Waals surface area contributed by atoms with Crippen molar-refractivity contribution in [1.82, 2.24) is 5.32 Å². The zero-order valence-electron chi connectivity index (χ0n) is 20.9. The molecule has 9 heteroatoms. The van der Waals surface area contributed by atoms with Crippen LogP contribution in [-0.2, 0) is 11.2 Å². The Hall–Kier alpha value is -4.95. The number of rotatable bonds is 8. The van der Waals surface area contributed by atoms with Crippen molar-refractivity contribution in [2.45, 2.75) is 12.5 Å². The smallest absolute Gasteiger partial charge is 0.336 e. The zero-order chi connectivity index (χ0) is 28.4. The van der Waals surface area contributed by atoms with Crippen LogP contribution >= 0.6 is 11.6 Å². The maximum atomic E-state index is 13.2. The number of amides is 1. The van der Waals surface area contributed by atoms with Crippen LogP contribution in [0.15, 0.2) is 94.1 Å². The number of alkyl halides is 1. The van der Waals surface area contributed by atoms with Crippen LogP contribution in [0.25, 0.3) is 33.4 Å². The number of phenols is 1. The number of phenolic OH excluding ortho intramolecular Hbond substituents is 1. The predicted octanol–water partition coefficient (Wildman–Crippen LogP) is 5.12. The van der Waals surface area contributed by atoms with Gasteiger partial charge in [0.25, 0.3) is 5.91 Å². The number of carboxylic acid groups (broad SMARTS) is 1. The Bertz CT molecular complexity index is 1800. The minimum Gasteiger partial charge on any atom is -0.508 e. The van der Waals surface area contributed by atoms with Crippen LogP contribution in [0.5, 0.6) is 5.75 Å². The van der Waals surface area contributed by atoms with Crippen molar-refractivity contribution in [2.24, 2.45) is 0 Å². The minimum atomic E-state index is -1.29. The molecule has 5 rings (SSSR count). The van der Waals surface area contributed by atoms with Gasteiger partial charge in [0.05, 0.1) is 17.5 Å². The Morgan fingerprint density at radius 3 is 2.38 bits per heavy atom. The lowest BCUT2D eigenvalue weighted by molar-refractivity contribution is -0.118. The molecule has 1 heterocycles. The molecule has 1 aliphatic carbocycles. The van der Waals surface area contributed by atoms with Gasteiger partial charge < -0.3 is 19.9 Å². The lowest BCUT2D eigenvalue weighted by atomic mass is 9.89. The van der Waals surface area contributed by atoms with E-state index in [1.165, 1.54) is 42.5 Å². The fourth-order valence-electron chi connectivity index (χ4n) is 4.66. The van der Waals surface area contributed by atoms with Gasteiger partial charge >= 0.3 is 5.97 Å². The van der Waals surface area contributed by atoms with Crippen molar-refractivity contribution in [1.29, 1.82) is 0 Å². The Balaban J connectivity index is 1.59. The standard InChI is InChI=1S/C31H22ClNO7/c32-16-26(36)25(12-17-4-2-1-3-5-17)33-30(37)18-6-9-21(24(13-18)31(38)39)29-22-10-7-19(34)14-27(22)40-28-15-20(35)8-11-23(28)29/h1-11,13-15,25,34H,12,16H2,(H,33,37)(H,38,39). The van der Waals surface area contributed by atoms with E-state index in [1.807, 2.05) is 30.3 Å². The number of halogens is 1. The molecule has 1 aliphatic heterocycles. The quantitative estimate of drug-likeness (QED) is 0.179. The average molecular weight is 556 g/mol. The van der Waals surface area contributed by atoms with E-state index in [1.54, 1.807) is 12.1 Å². The number of ketones is 1. The SMILES string of the molecule is O=C(NC(Cc1ccccc1)C(=O)CCl)c1ccc(-c2c3ccc(=O)cc-3oc3cc(O)ccc23)c(C(=O)O)c1. The van der Waals surface area contributed by atoms with Crippen molar-refractivity contribution < 1.29 is 29.0 Å². The number of carbonyl (C=O) groups is 3. The van der Waals surface area contributed by atoms with E-state index in [4.69, 9.17) is 16.0 Å². The third-order valence-electron chi connectivity index (χ3n) is 6.57. The molecule has 0 fully saturated rings. The van der Waals surface area contributed by atoms with Gasteiger partial charge in [-0.1, -0.05) is 36.4 Å². The van der Waals surface area contributed by atoms with Crippen LogP contribution < -0.4 is 10.7 Å². The molecule has 3 aromatic carbocycles. The summed E-state index contributed by atoms with van der Waals surface area (Å²) in [5, 5.41) is 23.3. The largest absolute Gasteiger partial charge is 0.508 e. The lowest BCUT2D eigenvalue weighted by Gasteiger charge is -2.19. The molecule has 1 unspecified atom stereocenters. The number of hydrogen-bond donors (Lipinski definition) is 3. The molecule has 1 atom stereocenters. The van der Waals surface area contributed by atoms with Crippen LogP contribution in [0.2, 0.25) is 0 Å². The van der Waals surface area contributed by atoms with Gasteiger partial charge in [-0.2, -0.15) is 0 Å². The minimum absolute atomic E-state index is 0.0373. The zero-order valence-corrected chi connectivity index (χ0v) is 21.6. The molecule has 2 aliphatic rings. The number of carboxylic acids is 1. The van der Waals surface area contributed by atoms with E-state index in [0.717, 1.165) is 5.56 Å². The van der Waals surface area contributed by atoms with Crippen molar-refractivity contribution >= 4 is 40.2 Å². The number of benzene rings is 4. The lowest BCUT2D eigenvalue weighted by Crippen LogP contribution is -2.43. The Labute approximate surface area is 232 Å². The van der Waals surface area contributed by atoms with Gasteiger partial charge in [-0.3, -0.25) is 14.4 Å². The highest BCUT2D eigenvalue weighted by Gasteiger charge is 2.25. The maximum absolute atomic E-state index is 13.2. The number of carbonyl (C=O) groups excluding carboxylic acids is 2. The van der Waals surface area contributed by atoms with Gasteiger partial charge in [-0.15, -0.1) is 11.6 Å². The normalized spacial score (nSPS) is 11.8. The van der Waals surface area contributed by atoms with E-state index < -0.39 is 17.9 Å². The molecule has 40 heavy (non-hydrogen) atoms. The molecular formula is C31H22ClNO7. The van der Waals surface area contributed by atoms with Crippen LogP contribution in [0.3, 0.4) is 0 Å². The predicted molar refractivity (Wildman–Crippen MR) is 150 cm³/mol. The fraction of sp³-hybridized carbons (Fsp3) is 0.0968. The molecule has 3 N–H and O–H groups in total. The van der Waals surface area contributed by atoms with Gasteiger partial charge in [0.2, 0.25) is 0 Å². The first-order chi connectivity index (χ1) is 19.2. The molecule has 3 aromatic rings. The van der Waals surface area contributed by atoms with Crippen LogP contribution in [0.4, 0.5) is 0 Å². The van der Waals surface area contributed by atoms with Crippen LogP contribution in [0, 0.1) is 0 Å². The van der Waals surface area contributed by atoms with Gasteiger partial charge in [-0.05, 0) is 53.9 Å². The van der Waals surface area contributed by atoms with Crippen molar-refractivity contribution in [3.63, 3.8) is 0 Å². The third-order valence-corrected chi connectivity index (χ3v) is 6.83. The Morgan fingerprint density at radius 2 is 1.65 bits per heavy atom. The average Bonchev–Trinajstić information content (AvgIpc) is 2.95. The maximum Gasteiger partial charge on any atom is 0.336 e. The molecule has 0 saturated carbocycles. The summed E-state index contributed by atoms with van der Waals surface area (Å²) in [7, 11) is 0. The Kier molecular flexibility index (Phi) is 7.35. The second kappa shape index (κ2) is 11.0. The van der Waals surface area contributed by atoms with E-state index in [0.29, 0.717) is 16.5 Å². The summed E-state index contributed by atoms with van der Waals surface area (Å²) in [5.41, 5.74) is 1.84. The molecule has 200 valence electrons. The monoisotopic (exact) mass is 555 g/mol. The van der Waals surface area contributed by atoms with Crippen LogP contribution in [-0.4, -0.2) is 39.8 Å². The summed E-state index contributed by atoms with van der Waals surface area (Å²) in [6.45, 7) is 0. The second-order valence-electron chi connectivity index (χ2n) is 9.20. The molecular weight excluding hydrogens is 534 g/mol. The van der Waals surface area contributed by atoms with E-state index >= 15 is 0 Å².